The van der Waals surface area contributed by atoms with Gasteiger partial charge in [-0.1, -0.05) is 48.5 Å². The second kappa shape index (κ2) is 1.98. The molecule has 0 nitrogen and oxygen atoms in total. The zero-order valence-electron chi connectivity index (χ0n) is 7.62. The van der Waals surface area contributed by atoms with Crippen molar-refractivity contribution in [3.63, 3.8) is 0 Å². The number of hydrogen-bond acceptors (Lipinski definition) is 0. The second-order valence-electron chi connectivity index (χ2n) is 3.09. The lowest BCUT2D eigenvalue weighted by Gasteiger charge is -2.22. The summed E-state index contributed by atoms with van der Waals surface area (Å²) in [5.41, 5.74) is 5.59. The number of fused-ring (bicyclic) bond motifs is 4. The maximum absolute atomic E-state index is 2.18. The molecular formula is C12H9+. The van der Waals surface area contributed by atoms with Crippen LogP contribution in [0.1, 0.15) is 1.43 Å². The molecule has 0 amide bonds. The molecule has 3 rings (SSSR count). The highest BCUT2D eigenvalue weighted by atomic mass is 14.2. The molecule has 0 radical (unpaired) electrons. The summed E-state index contributed by atoms with van der Waals surface area (Å²) in [4.78, 5) is 0. The van der Waals surface area contributed by atoms with Gasteiger partial charge in [-0.3, -0.25) is 0 Å². The van der Waals surface area contributed by atoms with Crippen molar-refractivity contribution in [2.75, 3.05) is 0 Å². The van der Waals surface area contributed by atoms with E-state index in [0.717, 1.165) is 0 Å². The first kappa shape index (κ1) is 6.01. The third-order valence-electron chi connectivity index (χ3n) is 2.43. The molecule has 0 spiro atoms. The molecule has 0 N–H and O–H groups in total. The van der Waals surface area contributed by atoms with Gasteiger partial charge in [0.15, 0.2) is 0 Å². The van der Waals surface area contributed by atoms with Crippen molar-refractivity contribution in [3.8, 4) is 22.3 Å². The van der Waals surface area contributed by atoms with Crippen molar-refractivity contribution in [2.24, 2.45) is 0 Å². The Morgan fingerprint density at radius 3 is 1.00 bits per heavy atom. The van der Waals surface area contributed by atoms with Crippen LogP contribution in [-0.4, -0.2) is 0 Å². The molecule has 0 heteroatoms. The SMILES string of the molecule is [H+].c1ccc2c(c1)-c1ccccc1-2. The van der Waals surface area contributed by atoms with Crippen LogP contribution in [0, 0.1) is 0 Å². The van der Waals surface area contributed by atoms with Crippen molar-refractivity contribution >= 4 is 0 Å². The lowest BCUT2D eigenvalue weighted by Crippen LogP contribution is -1.96. The first-order chi connectivity index (χ1) is 5.97. The predicted octanol–water partition coefficient (Wildman–Crippen LogP) is 3.45. The fourth-order valence-corrected chi connectivity index (χ4v) is 1.84. The van der Waals surface area contributed by atoms with Crippen LogP contribution in [0.5, 0.6) is 0 Å². The number of benzene rings is 2. The Hall–Kier alpha value is -1.56. The molecule has 2 aromatic rings. The van der Waals surface area contributed by atoms with E-state index in [4.69, 9.17) is 0 Å². The largest absolute Gasteiger partial charge is 1.00 e. The summed E-state index contributed by atoms with van der Waals surface area (Å²) in [6.07, 6.45) is 0. The standard InChI is InChI=1S/C12H8/c1-2-6-10-9(5-1)11-7-3-4-8-12(10)11/h1-8H/p+1. The van der Waals surface area contributed by atoms with Crippen LogP contribution in [0.3, 0.4) is 0 Å². The Bertz CT molecular complexity index is 346. The van der Waals surface area contributed by atoms with E-state index in [0.29, 0.717) is 0 Å². The minimum Gasteiger partial charge on any atom is -0.0616 e. The molecule has 0 fully saturated rings. The highest BCUT2D eigenvalue weighted by Gasteiger charge is 2.19. The Balaban J connectivity index is 0.000000653. The van der Waals surface area contributed by atoms with Crippen molar-refractivity contribution in [3.05, 3.63) is 48.5 Å². The molecule has 0 bridgehead atoms. The van der Waals surface area contributed by atoms with E-state index in [1.807, 2.05) is 0 Å². The minimum atomic E-state index is 0. The van der Waals surface area contributed by atoms with Gasteiger partial charge in [0.05, 0.1) is 0 Å². The van der Waals surface area contributed by atoms with E-state index < -0.39 is 0 Å². The summed E-state index contributed by atoms with van der Waals surface area (Å²) in [7, 11) is 0. The summed E-state index contributed by atoms with van der Waals surface area (Å²) in [5, 5.41) is 0. The molecule has 56 valence electrons. The molecule has 0 unspecified atom stereocenters. The van der Waals surface area contributed by atoms with E-state index in [1.165, 1.54) is 22.3 Å². The molecule has 12 heavy (non-hydrogen) atoms. The third kappa shape index (κ3) is 0.578. The second-order valence-corrected chi connectivity index (χ2v) is 3.09. The molecule has 1 aliphatic carbocycles. The smallest absolute Gasteiger partial charge is 0.0616 e. The first-order valence-corrected chi connectivity index (χ1v) is 4.15. The molecule has 0 saturated carbocycles. The van der Waals surface area contributed by atoms with E-state index in [2.05, 4.69) is 48.5 Å². The topological polar surface area (TPSA) is 0 Å². The van der Waals surface area contributed by atoms with E-state index in [-0.39, 0.29) is 1.43 Å². The molecule has 0 heterocycles. The highest BCUT2D eigenvalue weighted by Crippen LogP contribution is 2.46. The lowest BCUT2D eigenvalue weighted by atomic mass is 9.81. The molecule has 0 aliphatic heterocycles. The normalized spacial score (nSPS) is 11.3. The average Bonchev–Trinajstić information content (AvgIpc) is 2.14. The maximum atomic E-state index is 2.18. The fourth-order valence-electron chi connectivity index (χ4n) is 1.84. The van der Waals surface area contributed by atoms with Gasteiger partial charge in [-0.15, -0.1) is 0 Å². The fraction of sp³-hybridized carbons (Fsp3) is 0. The van der Waals surface area contributed by atoms with E-state index in [9.17, 15) is 0 Å². The maximum Gasteiger partial charge on any atom is 1.00 e. The van der Waals surface area contributed by atoms with Crippen LogP contribution in [0.25, 0.3) is 22.3 Å². The van der Waals surface area contributed by atoms with E-state index >= 15 is 0 Å². The van der Waals surface area contributed by atoms with Crippen molar-refractivity contribution in [1.29, 1.82) is 0 Å². The van der Waals surface area contributed by atoms with Gasteiger partial charge >= 0.3 is 1.43 Å². The van der Waals surface area contributed by atoms with Gasteiger partial charge in [0.1, 0.15) is 0 Å². The minimum absolute atomic E-state index is 0. The predicted molar refractivity (Wildman–Crippen MR) is 52.0 cm³/mol. The summed E-state index contributed by atoms with van der Waals surface area (Å²) < 4.78 is 0. The van der Waals surface area contributed by atoms with Gasteiger partial charge in [-0.25, -0.2) is 0 Å². The zero-order chi connectivity index (χ0) is 7.97. The zero-order valence-corrected chi connectivity index (χ0v) is 6.62. The average molecular weight is 153 g/mol. The van der Waals surface area contributed by atoms with Gasteiger partial charge < -0.3 is 0 Å². The van der Waals surface area contributed by atoms with Crippen LogP contribution in [0.2, 0.25) is 0 Å². The lowest BCUT2D eigenvalue weighted by molar-refractivity contribution is 1.52. The third-order valence-corrected chi connectivity index (χ3v) is 2.43. The van der Waals surface area contributed by atoms with Crippen molar-refractivity contribution in [2.45, 2.75) is 0 Å². The Labute approximate surface area is 73.0 Å². The molecular weight excluding hydrogens is 144 g/mol. The number of hydrogen-bond donors (Lipinski definition) is 0. The van der Waals surface area contributed by atoms with Gasteiger partial charge in [-0.05, 0) is 22.3 Å². The summed E-state index contributed by atoms with van der Waals surface area (Å²) in [6.45, 7) is 0. The molecule has 2 aromatic carbocycles. The van der Waals surface area contributed by atoms with E-state index in [1.54, 1.807) is 0 Å². The molecule has 0 aromatic heterocycles. The molecule has 0 atom stereocenters. The summed E-state index contributed by atoms with van der Waals surface area (Å²) >= 11 is 0. The van der Waals surface area contributed by atoms with Crippen LogP contribution < -0.4 is 0 Å². The van der Waals surface area contributed by atoms with Gasteiger partial charge in [0, 0.05) is 0 Å². The van der Waals surface area contributed by atoms with Crippen molar-refractivity contribution < 1.29 is 1.43 Å². The van der Waals surface area contributed by atoms with Gasteiger partial charge in [0.2, 0.25) is 0 Å². The summed E-state index contributed by atoms with van der Waals surface area (Å²) in [6, 6.07) is 17.1. The molecule has 1 aliphatic rings. The summed E-state index contributed by atoms with van der Waals surface area (Å²) in [5.74, 6) is 0. The number of rotatable bonds is 0. The van der Waals surface area contributed by atoms with Crippen LogP contribution in [0.4, 0.5) is 0 Å². The van der Waals surface area contributed by atoms with Crippen molar-refractivity contribution in [1.82, 2.24) is 0 Å². The van der Waals surface area contributed by atoms with Crippen LogP contribution in [-0.2, 0) is 0 Å². The Morgan fingerprint density at radius 1 is 0.500 bits per heavy atom. The van der Waals surface area contributed by atoms with Crippen LogP contribution in [0.15, 0.2) is 48.5 Å². The Morgan fingerprint density at radius 2 is 0.750 bits per heavy atom. The molecule has 0 saturated heterocycles. The quantitative estimate of drug-likeness (QED) is 0.464. The van der Waals surface area contributed by atoms with Gasteiger partial charge in [0.25, 0.3) is 0 Å². The monoisotopic (exact) mass is 153 g/mol. The first-order valence-electron chi connectivity index (χ1n) is 4.15. The van der Waals surface area contributed by atoms with Crippen LogP contribution >= 0.6 is 0 Å². The van der Waals surface area contributed by atoms with Gasteiger partial charge in [-0.2, -0.15) is 0 Å². The Kier molecular flexibility index (Phi) is 0.991. The highest BCUT2D eigenvalue weighted by molar-refractivity contribution is 6.01.